The topological polar surface area (TPSA) is 66.5 Å². The highest BCUT2D eigenvalue weighted by Gasteiger charge is 2.30. The zero-order valence-corrected chi connectivity index (χ0v) is 12.7. The molecule has 1 heterocycles. The molecule has 5 nitrogen and oxygen atoms in total. The average molecular weight is 317 g/mol. The third-order valence-electron chi connectivity index (χ3n) is 3.32. The van der Waals surface area contributed by atoms with Crippen molar-refractivity contribution in [3.8, 4) is 0 Å². The lowest BCUT2D eigenvalue weighted by molar-refractivity contribution is -0.120. The van der Waals surface area contributed by atoms with Crippen molar-refractivity contribution in [2.75, 3.05) is 24.7 Å². The van der Waals surface area contributed by atoms with Crippen LogP contribution in [-0.2, 0) is 14.8 Å². The largest absolute Gasteiger partial charge is 0.326 e. The van der Waals surface area contributed by atoms with Gasteiger partial charge < -0.3 is 5.32 Å². The molecule has 1 N–H and O–H groups in total. The zero-order chi connectivity index (χ0) is 14.8. The molecule has 110 valence electrons. The normalized spacial score (nSPS) is 20.6. The number of carbonyl (C=O) groups is 1. The monoisotopic (exact) mass is 316 g/mol. The molecule has 0 spiro atoms. The summed E-state index contributed by atoms with van der Waals surface area (Å²) in [5.41, 5.74) is 0.624. The van der Waals surface area contributed by atoms with Crippen molar-refractivity contribution in [2.24, 2.45) is 5.92 Å². The number of rotatable bonds is 3. The molecule has 1 aliphatic heterocycles. The maximum atomic E-state index is 12.2. The smallest absolute Gasteiger partial charge is 0.228 e. The molecule has 2 rings (SSSR count). The SMILES string of the molecule is CS(=O)(=O)N1CCC[C@@H](C(=O)Nc2cccc(Cl)c2)C1. The lowest BCUT2D eigenvalue weighted by Crippen LogP contribution is -2.43. The molecule has 0 unspecified atom stereocenters. The molecule has 0 bridgehead atoms. The van der Waals surface area contributed by atoms with Crippen LogP contribution in [-0.4, -0.2) is 38.0 Å². The second-order valence-electron chi connectivity index (χ2n) is 4.96. The van der Waals surface area contributed by atoms with Gasteiger partial charge in [0.2, 0.25) is 15.9 Å². The van der Waals surface area contributed by atoms with Gasteiger partial charge in [-0.1, -0.05) is 17.7 Å². The third-order valence-corrected chi connectivity index (χ3v) is 4.82. The highest BCUT2D eigenvalue weighted by Crippen LogP contribution is 2.21. The van der Waals surface area contributed by atoms with Gasteiger partial charge >= 0.3 is 0 Å². The van der Waals surface area contributed by atoms with Crippen LogP contribution in [0.2, 0.25) is 5.02 Å². The van der Waals surface area contributed by atoms with E-state index in [1.54, 1.807) is 24.3 Å². The van der Waals surface area contributed by atoms with Crippen molar-refractivity contribution >= 4 is 33.2 Å². The fourth-order valence-electron chi connectivity index (χ4n) is 2.27. The van der Waals surface area contributed by atoms with E-state index in [2.05, 4.69) is 5.32 Å². The standard InChI is InChI=1S/C13H17ClN2O3S/c1-20(18,19)16-7-3-4-10(9-16)13(17)15-12-6-2-5-11(14)8-12/h2,5-6,8,10H,3-4,7,9H2,1H3,(H,15,17)/t10-/m1/s1. The van der Waals surface area contributed by atoms with Gasteiger partial charge in [0.15, 0.2) is 0 Å². The van der Waals surface area contributed by atoms with Crippen molar-refractivity contribution in [1.82, 2.24) is 4.31 Å². The van der Waals surface area contributed by atoms with E-state index in [1.165, 1.54) is 10.6 Å². The Morgan fingerprint density at radius 2 is 2.20 bits per heavy atom. The first-order chi connectivity index (χ1) is 9.36. The van der Waals surface area contributed by atoms with Gasteiger partial charge in [-0.2, -0.15) is 0 Å². The molecule has 1 fully saturated rings. The quantitative estimate of drug-likeness (QED) is 0.927. The Labute approximate surface area is 124 Å². The minimum atomic E-state index is -3.24. The highest BCUT2D eigenvalue weighted by molar-refractivity contribution is 7.88. The summed E-state index contributed by atoms with van der Waals surface area (Å²) in [6, 6.07) is 6.89. The Morgan fingerprint density at radius 1 is 1.45 bits per heavy atom. The van der Waals surface area contributed by atoms with Crippen molar-refractivity contribution in [1.29, 1.82) is 0 Å². The van der Waals surface area contributed by atoms with E-state index < -0.39 is 10.0 Å². The van der Waals surface area contributed by atoms with Crippen molar-refractivity contribution < 1.29 is 13.2 Å². The van der Waals surface area contributed by atoms with E-state index >= 15 is 0 Å². The van der Waals surface area contributed by atoms with Crippen LogP contribution in [0, 0.1) is 5.92 Å². The first-order valence-corrected chi connectivity index (χ1v) is 8.60. The van der Waals surface area contributed by atoms with Gasteiger partial charge in [0, 0.05) is 23.8 Å². The fourth-order valence-corrected chi connectivity index (χ4v) is 3.37. The van der Waals surface area contributed by atoms with Crippen molar-refractivity contribution in [2.45, 2.75) is 12.8 Å². The summed E-state index contributed by atoms with van der Waals surface area (Å²) < 4.78 is 24.4. The molecule has 1 amide bonds. The van der Waals surface area contributed by atoms with Gasteiger partial charge in [-0.25, -0.2) is 12.7 Å². The van der Waals surface area contributed by atoms with Gasteiger partial charge in [-0.15, -0.1) is 0 Å². The van der Waals surface area contributed by atoms with Crippen LogP contribution < -0.4 is 5.32 Å². The summed E-state index contributed by atoms with van der Waals surface area (Å²) >= 11 is 5.86. The number of nitrogens with one attached hydrogen (secondary N) is 1. The molecule has 1 aliphatic rings. The molecule has 0 radical (unpaired) electrons. The third kappa shape index (κ3) is 3.94. The van der Waals surface area contributed by atoms with Crippen LogP contribution in [0.25, 0.3) is 0 Å². The Bertz CT molecular complexity index is 603. The second kappa shape index (κ2) is 6.11. The molecule has 0 saturated carbocycles. The van der Waals surface area contributed by atoms with E-state index in [0.29, 0.717) is 30.1 Å². The molecule has 0 aromatic heterocycles. The summed E-state index contributed by atoms with van der Waals surface area (Å²) in [5, 5.41) is 3.33. The Balaban J connectivity index is 2.02. The van der Waals surface area contributed by atoms with E-state index in [-0.39, 0.29) is 18.4 Å². The van der Waals surface area contributed by atoms with Crippen molar-refractivity contribution in [3.05, 3.63) is 29.3 Å². The predicted octanol–water partition coefficient (Wildman–Crippen LogP) is 1.95. The summed E-state index contributed by atoms with van der Waals surface area (Å²) in [6.07, 6.45) is 2.56. The lowest BCUT2D eigenvalue weighted by Gasteiger charge is -2.30. The average Bonchev–Trinajstić information content (AvgIpc) is 2.38. The Morgan fingerprint density at radius 3 is 2.85 bits per heavy atom. The minimum absolute atomic E-state index is 0.166. The molecular formula is C13H17ClN2O3S. The van der Waals surface area contributed by atoms with Crippen LogP contribution in [0.1, 0.15) is 12.8 Å². The van der Waals surface area contributed by atoms with E-state index in [9.17, 15) is 13.2 Å². The molecule has 1 atom stereocenters. The maximum absolute atomic E-state index is 12.2. The molecule has 1 saturated heterocycles. The molecule has 1 aromatic rings. The van der Waals surface area contributed by atoms with Crippen LogP contribution in [0.15, 0.2) is 24.3 Å². The van der Waals surface area contributed by atoms with Crippen LogP contribution >= 0.6 is 11.6 Å². The van der Waals surface area contributed by atoms with Crippen molar-refractivity contribution in [3.63, 3.8) is 0 Å². The summed E-state index contributed by atoms with van der Waals surface area (Å²) in [5.74, 6) is -0.488. The molecule has 0 aliphatic carbocycles. The summed E-state index contributed by atoms with van der Waals surface area (Å²) in [4.78, 5) is 12.2. The Kier molecular flexibility index (Phi) is 4.67. The van der Waals surface area contributed by atoms with Gasteiger partial charge in [0.05, 0.1) is 12.2 Å². The van der Waals surface area contributed by atoms with Crippen LogP contribution in [0.5, 0.6) is 0 Å². The summed E-state index contributed by atoms with van der Waals surface area (Å²) in [6.45, 7) is 0.727. The molecule has 1 aromatic carbocycles. The highest BCUT2D eigenvalue weighted by atomic mass is 35.5. The zero-order valence-electron chi connectivity index (χ0n) is 11.2. The number of hydrogen-bond acceptors (Lipinski definition) is 3. The number of benzene rings is 1. The van der Waals surface area contributed by atoms with Gasteiger partial charge in [-0.05, 0) is 31.0 Å². The molecule has 7 heteroatoms. The number of piperidine rings is 1. The fraction of sp³-hybridized carbons (Fsp3) is 0.462. The van der Waals surface area contributed by atoms with Gasteiger partial charge in [0.1, 0.15) is 0 Å². The number of nitrogens with zero attached hydrogens (tertiary/aromatic N) is 1. The number of anilines is 1. The van der Waals surface area contributed by atoms with Crippen LogP contribution in [0.3, 0.4) is 0 Å². The lowest BCUT2D eigenvalue weighted by atomic mass is 9.99. The molecular weight excluding hydrogens is 300 g/mol. The number of hydrogen-bond donors (Lipinski definition) is 1. The number of sulfonamides is 1. The number of halogens is 1. The summed E-state index contributed by atoms with van der Waals surface area (Å²) in [7, 11) is -3.24. The first kappa shape index (κ1) is 15.3. The van der Waals surface area contributed by atoms with E-state index in [4.69, 9.17) is 11.6 Å². The van der Waals surface area contributed by atoms with E-state index in [1.807, 2.05) is 0 Å². The molecule has 20 heavy (non-hydrogen) atoms. The first-order valence-electron chi connectivity index (χ1n) is 6.38. The number of amides is 1. The Hall–Kier alpha value is -1.11. The second-order valence-corrected chi connectivity index (χ2v) is 7.38. The predicted molar refractivity (Wildman–Crippen MR) is 79.2 cm³/mol. The van der Waals surface area contributed by atoms with Gasteiger partial charge in [0.25, 0.3) is 0 Å². The van der Waals surface area contributed by atoms with Crippen LogP contribution in [0.4, 0.5) is 5.69 Å². The van der Waals surface area contributed by atoms with Gasteiger partial charge in [-0.3, -0.25) is 4.79 Å². The minimum Gasteiger partial charge on any atom is -0.326 e. The number of carbonyl (C=O) groups excluding carboxylic acids is 1. The van der Waals surface area contributed by atoms with E-state index in [0.717, 1.165) is 0 Å². The maximum Gasteiger partial charge on any atom is 0.228 e.